The summed E-state index contributed by atoms with van der Waals surface area (Å²) in [6.45, 7) is 6.31. The minimum Gasteiger partial charge on any atom is -0.494 e. The van der Waals surface area contributed by atoms with E-state index in [9.17, 15) is 14.4 Å². The van der Waals surface area contributed by atoms with Crippen LogP contribution in [0.4, 0.5) is 0 Å². The monoisotopic (exact) mass is 449 g/mol. The van der Waals surface area contributed by atoms with Crippen molar-refractivity contribution in [1.29, 1.82) is 0 Å². The molecule has 32 heavy (non-hydrogen) atoms. The van der Waals surface area contributed by atoms with E-state index in [0.717, 1.165) is 45.2 Å². The number of esters is 3. The SMILES string of the molecule is CC1(C)CCCCC1OC(=O)C(=O)OC(=O)Cc1ccc(OCCCNCCCO)cc1. The Morgan fingerprint density at radius 1 is 1.06 bits per heavy atom. The van der Waals surface area contributed by atoms with Gasteiger partial charge in [-0.3, -0.25) is 4.79 Å². The van der Waals surface area contributed by atoms with Gasteiger partial charge in [-0.25, -0.2) is 9.59 Å². The van der Waals surface area contributed by atoms with Gasteiger partial charge in [0.2, 0.25) is 0 Å². The molecule has 0 amide bonds. The maximum absolute atomic E-state index is 12.0. The number of benzene rings is 1. The first-order chi connectivity index (χ1) is 15.3. The Morgan fingerprint density at radius 2 is 1.78 bits per heavy atom. The smallest absolute Gasteiger partial charge is 0.425 e. The van der Waals surface area contributed by atoms with Gasteiger partial charge in [0, 0.05) is 12.0 Å². The molecule has 2 N–H and O–H groups in total. The third-order valence-corrected chi connectivity index (χ3v) is 5.58. The molecule has 0 aliphatic heterocycles. The van der Waals surface area contributed by atoms with Gasteiger partial charge in [-0.05, 0) is 62.9 Å². The number of carbonyl (C=O) groups excluding carboxylic acids is 3. The molecule has 1 aromatic rings. The highest BCUT2D eigenvalue weighted by atomic mass is 16.6. The lowest BCUT2D eigenvalue weighted by atomic mass is 9.75. The van der Waals surface area contributed by atoms with Crippen LogP contribution in [0, 0.1) is 5.41 Å². The highest BCUT2D eigenvalue weighted by molar-refractivity contribution is 6.31. The largest absolute Gasteiger partial charge is 0.494 e. The number of ether oxygens (including phenoxy) is 3. The molecule has 8 heteroatoms. The Hall–Kier alpha value is -2.45. The fourth-order valence-corrected chi connectivity index (χ4v) is 3.63. The van der Waals surface area contributed by atoms with Crippen LogP contribution >= 0.6 is 0 Å². The molecule has 1 aromatic carbocycles. The minimum absolute atomic E-state index is 0.136. The summed E-state index contributed by atoms with van der Waals surface area (Å²) in [6.07, 6.45) is 4.70. The molecule has 0 bridgehead atoms. The first kappa shape index (κ1) is 25.8. The molecule has 8 nitrogen and oxygen atoms in total. The van der Waals surface area contributed by atoms with Crippen LogP contribution in [-0.4, -0.2) is 55.4 Å². The van der Waals surface area contributed by atoms with Crippen molar-refractivity contribution in [2.75, 3.05) is 26.3 Å². The van der Waals surface area contributed by atoms with E-state index in [1.54, 1.807) is 24.3 Å². The molecule has 1 aliphatic rings. The van der Waals surface area contributed by atoms with E-state index in [1.165, 1.54) is 0 Å². The molecule has 1 saturated carbocycles. The summed E-state index contributed by atoms with van der Waals surface area (Å²) < 4.78 is 15.6. The van der Waals surface area contributed by atoms with Crippen LogP contribution in [0.1, 0.15) is 57.9 Å². The molecule has 0 heterocycles. The van der Waals surface area contributed by atoms with Gasteiger partial charge in [0.15, 0.2) is 0 Å². The Balaban J connectivity index is 1.69. The Labute approximate surface area is 189 Å². The van der Waals surface area contributed by atoms with Gasteiger partial charge in [-0.1, -0.05) is 32.4 Å². The Morgan fingerprint density at radius 3 is 2.47 bits per heavy atom. The molecule has 0 saturated heterocycles. The molecule has 178 valence electrons. The second-order valence-electron chi connectivity index (χ2n) is 8.74. The average molecular weight is 450 g/mol. The number of carbonyl (C=O) groups is 3. The fraction of sp³-hybridized carbons (Fsp3) is 0.625. The fourth-order valence-electron chi connectivity index (χ4n) is 3.63. The van der Waals surface area contributed by atoms with Gasteiger partial charge < -0.3 is 24.6 Å². The standard InChI is InChI=1S/C24H35NO7/c1-24(2)12-4-3-7-20(24)31-22(28)23(29)32-21(27)17-18-8-10-19(11-9-18)30-16-6-14-25-13-5-15-26/h8-11,20,25-26H,3-7,12-17H2,1-2H3. The van der Waals surface area contributed by atoms with Crippen LogP contribution in [0.3, 0.4) is 0 Å². The van der Waals surface area contributed by atoms with Crippen molar-refractivity contribution in [2.24, 2.45) is 5.41 Å². The van der Waals surface area contributed by atoms with Gasteiger partial charge in [-0.15, -0.1) is 0 Å². The topological polar surface area (TPSA) is 111 Å². The predicted molar refractivity (Wildman–Crippen MR) is 118 cm³/mol. The van der Waals surface area contributed by atoms with Gasteiger partial charge in [-0.2, -0.15) is 0 Å². The lowest BCUT2D eigenvalue weighted by Crippen LogP contribution is -2.39. The van der Waals surface area contributed by atoms with Crippen LogP contribution < -0.4 is 10.1 Å². The zero-order valence-electron chi connectivity index (χ0n) is 19.1. The third kappa shape index (κ3) is 8.96. The van der Waals surface area contributed by atoms with E-state index >= 15 is 0 Å². The van der Waals surface area contributed by atoms with Crippen molar-refractivity contribution in [3.8, 4) is 5.75 Å². The van der Waals surface area contributed by atoms with Crippen molar-refractivity contribution in [2.45, 2.75) is 64.9 Å². The summed E-state index contributed by atoms with van der Waals surface area (Å²) in [6, 6.07) is 6.90. The van der Waals surface area contributed by atoms with E-state index in [0.29, 0.717) is 24.3 Å². The quantitative estimate of drug-likeness (QED) is 0.229. The van der Waals surface area contributed by atoms with Crippen LogP contribution in [0.2, 0.25) is 0 Å². The summed E-state index contributed by atoms with van der Waals surface area (Å²) in [5.41, 5.74) is 0.445. The predicted octanol–water partition coefficient (Wildman–Crippen LogP) is 2.55. The van der Waals surface area contributed by atoms with Crippen molar-refractivity contribution in [3.05, 3.63) is 29.8 Å². The first-order valence-corrected chi connectivity index (χ1v) is 11.3. The second kappa shape index (κ2) is 13.2. The number of nitrogens with one attached hydrogen (secondary N) is 1. The highest BCUT2D eigenvalue weighted by Gasteiger charge is 2.37. The molecule has 2 rings (SSSR count). The number of aliphatic hydroxyl groups excluding tert-OH is 1. The van der Waals surface area contributed by atoms with Crippen LogP contribution in [0.5, 0.6) is 5.75 Å². The highest BCUT2D eigenvalue weighted by Crippen LogP contribution is 2.37. The first-order valence-electron chi connectivity index (χ1n) is 11.3. The summed E-state index contributed by atoms with van der Waals surface area (Å²) >= 11 is 0. The molecule has 1 atom stereocenters. The van der Waals surface area contributed by atoms with Gasteiger partial charge >= 0.3 is 17.9 Å². The lowest BCUT2D eigenvalue weighted by molar-refractivity contribution is -0.179. The molecule has 1 fully saturated rings. The zero-order chi connectivity index (χ0) is 23.4. The van der Waals surface area contributed by atoms with Gasteiger partial charge in [0.25, 0.3) is 0 Å². The summed E-state index contributed by atoms with van der Waals surface area (Å²) in [5, 5.41) is 11.9. The van der Waals surface area contributed by atoms with Crippen molar-refractivity contribution >= 4 is 17.9 Å². The third-order valence-electron chi connectivity index (χ3n) is 5.58. The number of hydrogen-bond donors (Lipinski definition) is 2. The second-order valence-corrected chi connectivity index (χ2v) is 8.74. The maximum atomic E-state index is 12.0. The van der Waals surface area contributed by atoms with E-state index in [-0.39, 0.29) is 24.5 Å². The number of rotatable bonds is 11. The van der Waals surface area contributed by atoms with E-state index in [2.05, 4.69) is 10.1 Å². The molecule has 0 spiro atoms. The van der Waals surface area contributed by atoms with Crippen LogP contribution in [0.25, 0.3) is 0 Å². The summed E-state index contributed by atoms with van der Waals surface area (Å²) in [5.74, 6) is -2.53. The summed E-state index contributed by atoms with van der Waals surface area (Å²) in [4.78, 5) is 36.1. The molecule has 0 radical (unpaired) electrons. The zero-order valence-corrected chi connectivity index (χ0v) is 19.1. The minimum atomic E-state index is -1.27. The van der Waals surface area contributed by atoms with E-state index in [1.807, 2.05) is 13.8 Å². The Bertz CT molecular complexity index is 745. The van der Waals surface area contributed by atoms with Gasteiger partial charge in [0.1, 0.15) is 11.9 Å². The van der Waals surface area contributed by atoms with E-state index < -0.39 is 17.9 Å². The maximum Gasteiger partial charge on any atom is 0.425 e. The van der Waals surface area contributed by atoms with Crippen molar-refractivity contribution in [3.63, 3.8) is 0 Å². The van der Waals surface area contributed by atoms with Crippen LogP contribution in [0.15, 0.2) is 24.3 Å². The Kier molecular flexibility index (Phi) is 10.6. The number of hydrogen-bond acceptors (Lipinski definition) is 8. The molecule has 0 aromatic heterocycles. The van der Waals surface area contributed by atoms with Crippen molar-refractivity contribution < 1.29 is 33.7 Å². The van der Waals surface area contributed by atoms with Crippen molar-refractivity contribution in [1.82, 2.24) is 5.32 Å². The van der Waals surface area contributed by atoms with E-state index in [4.69, 9.17) is 14.6 Å². The molecular formula is C24H35NO7. The summed E-state index contributed by atoms with van der Waals surface area (Å²) in [7, 11) is 0. The molecule has 1 unspecified atom stereocenters. The van der Waals surface area contributed by atoms with Gasteiger partial charge in [0.05, 0.1) is 13.0 Å². The lowest BCUT2D eigenvalue weighted by Gasteiger charge is -2.37. The molecular weight excluding hydrogens is 414 g/mol. The number of aliphatic hydroxyl groups is 1. The van der Waals surface area contributed by atoms with Crippen LogP contribution in [-0.2, 0) is 30.3 Å². The normalized spacial score (nSPS) is 17.4. The average Bonchev–Trinajstić information content (AvgIpc) is 2.75. The molecule has 1 aliphatic carbocycles.